The van der Waals surface area contributed by atoms with Gasteiger partial charge in [0.15, 0.2) is 5.78 Å². The third-order valence-electron chi connectivity index (χ3n) is 5.51. The number of thioether (sulfide) groups is 1. The van der Waals surface area contributed by atoms with Crippen LogP contribution >= 0.6 is 11.8 Å². The number of amides is 1. The lowest BCUT2D eigenvalue weighted by Crippen LogP contribution is -2.16. The summed E-state index contributed by atoms with van der Waals surface area (Å²) in [5, 5.41) is 3.59. The molecule has 0 saturated carbocycles. The van der Waals surface area contributed by atoms with Crippen LogP contribution in [0.4, 0.5) is 21.5 Å². The summed E-state index contributed by atoms with van der Waals surface area (Å²) in [4.78, 5) is 33.9. The van der Waals surface area contributed by atoms with Crippen molar-refractivity contribution < 1.29 is 14.0 Å². The van der Waals surface area contributed by atoms with Crippen LogP contribution in [-0.4, -0.2) is 28.2 Å². The monoisotopic (exact) mass is 473 g/mol. The minimum absolute atomic E-state index is 0.0601. The molecule has 0 saturated heterocycles. The Kier molecular flexibility index (Phi) is 7.03. The highest BCUT2D eigenvalue weighted by molar-refractivity contribution is 8.14. The molecule has 3 aromatic rings. The number of carbonyl (C=O) groups excluding carboxylic acids is 2. The highest BCUT2D eigenvalue weighted by Crippen LogP contribution is 2.36. The number of nitrogens with one attached hydrogen (secondary N) is 1. The third kappa shape index (κ3) is 5.66. The average molecular weight is 474 g/mol. The van der Waals surface area contributed by atoms with Gasteiger partial charge in [0.2, 0.25) is 5.91 Å². The predicted octanol–water partition coefficient (Wildman–Crippen LogP) is 6.57. The van der Waals surface area contributed by atoms with Gasteiger partial charge in [0.1, 0.15) is 5.82 Å². The summed E-state index contributed by atoms with van der Waals surface area (Å²) in [7, 11) is 0. The molecule has 0 bridgehead atoms. The summed E-state index contributed by atoms with van der Waals surface area (Å²) in [5.41, 5.74) is 6.41. The maximum Gasteiger partial charge on any atom is 0.234 e. The van der Waals surface area contributed by atoms with Crippen LogP contribution in [0.2, 0.25) is 0 Å². The standard InChI is InChI=1S/C27H24FN3O2S/c1-16-11-24-25(12-17(16)2)31-27(14-23(30-24)19-7-9-21(28)10-8-19)34-15-26(33)29-22-6-4-5-20(13-22)18(3)32/h4-13H,14-15H2,1-3H3,(H,29,33). The molecule has 0 atom stereocenters. The van der Waals surface area contributed by atoms with Crippen molar-refractivity contribution in [3.8, 4) is 0 Å². The Balaban J connectivity index is 1.56. The fourth-order valence-electron chi connectivity index (χ4n) is 3.52. The minimum atomic E-state index is -0.307. The number of hydrogen-bond acceptors (Lipinski definition) is 5. The summed E-state index contributed by atoms with van der Waals surface area (Å²) < 4.78 is 13.5. The van der Waals surface area contributed by atoms with Crippen molar-refractivity contribution in [2.75, 3.05) is 11.1 Å². The first-order valence-electron chi connectivity index (χ1n) is 10.8. The molecule has 172 valence electrons. The zero-order valence-corrected chi connectivity index (χ0v) is 20.0. The Morgan fingerprint density at radius 1 is 0.971 bits per heavy atom. The first-order valence-corrected chi connectivity index (χ1v) is 11.8. The minimum Gasteiger partial charge on any atom is -0.325 e. The molecule has 1 amide bonds. The van der Waals surface area contributed by atoms with Gasteiger partial charge < -0.3 is 5.32 Å². The molecule has 34 heavy (non-hydrogen) atoms. The van der Waals surface area contributed by atoms with Crippen LogP contribution in [0.3, 0.4) is 0 Å². The van der Waals surface area contributed by atoms with Gasteiger partial charge in [-0.05, 0) is 73.9 Å². The Labute approximate surface area is 202 Å². The van der Waals surface area contributed by atoms with E-state index < -0.39 is 0 Å². The normalized spacial score (nSPS) is 12.8. The fraction of sp³-hybridized carbons (Fsp3) is 0.185. The zero-order valence-electron chi connectivity index (χ0n) is 19.2. The molecule has 0 aliphatic carbocycles. The van der Waals surface area contributed by atoms with Gasteiger partial charge in [0.05, 0.1) is 27.9 Å². The van der Waals surface area contributed by atoms with Gasteiger partial charge in [-0.2, -0.15) is 0 Å². The van der Waals surface area contributed by atoms with Crippen molar-refractivity contribution in [1.82, 2.24) is 0 Å². The fourth-order valence-corrected chi connectivity index (χ4v) is 4.29. The van der Waals surface area contributed by atoms with Gasteiger partial charge >= 0.3 is 0 Å². The Bertz CT molecular complexity index is 1330. The van der Waals surface area contributed by atoms with Crippen molar-refractivity contribution in [3.05, 3.63) is 88.7 Å². The summed E-state index contributed by atoms with van der Waals surface area (Å²) >= 11 is 1.34. The molecule has 1 heterocycles. The van der Waals surface area contributed by atoms with Crippen molar-refractivity contribution >= 4 is 51.3 Å². The molecule has 4 rings (SSSR count). The molecule has 7 heteroatoms. The SMILES string of the molecule is CC(=O)c1cccc(NC(=O)CSC2=Nc3cc(C)c(C)cc3N=C(c3ccc(F)cc3)C2)c1. The van der Waals surface area contributed by atoms with E-state index >= 15 is 0 Å². The number of aliphatic imine (C=N–C) groups is 2. The molecule has 1 N–H and O–H groups in total. The Morgan fingerprint density at radius 2 is 1.65 bits per heavy atom. The molecule has 0 aromatic heterocycles. The van der Waals surface area contributed by atoms with Crippen LogP contribution in [0, 0.1) is 19.7 Å². The van der Waals surface area contributed by atoms with Crippen molar-refractivity contribution in [2.24, 2.45) is 9.98 Å². The van der Waals surface area contributed by atoms with E-state index in [0.29, 0.717) is 17.7 Å². The van der Waals surface area contributed by atoms with Crippen LogP contribution in [0.1, 0.15) is 40.4 Å². The van der Waals surface area contributed by atoms with E-state index in [1.165, 1.54) is 30.8 Å². The van der Waals surface area contributed by atoms with Gasteiger partial charge in [0, 0.05) is 17.7 Å². The van der Waals surface area contributed by atoms with E-state index in [0.717, 1.165) is 38.8 Å². The van der Waals surface area contributed by atoms with E-state index in [1.807, 2.05) is 26.0 Å². The molecular weight excluding hydrogens is 449 g/mol. The van der Waals surface area contributed by atoms with Crippen LogP contribution in [0.15, 0.2) is 70.6 Å². The number of nitrogens with zero attached hydrogens (tertiary/aromatic N) is 2. The number of ketones is 1. The molecule has 1 aliphatic rings. The number of fused-ring (bicyclic) bond motifs is 1. The first kappa shape index (κ1) is 23.6. The largest absolute Gasteiger partial charge is 0.325 e. The molecule has 0 fully saturated rings. The molecule has 3 aromatic carbocycles. The molecule has 0 radical (unpaired) electrons. The average Bonchev–Trinajstić information content (AvgIpc) is 2.98. The quantitative estimate of drug-likeness (QED) is 0.426. The lowest BCUT2D eigenvalue weighted by molar-refractivity contribution is -0.113. The van der Waals surface area contributed by atoms with Crippen LogP contribution in [0.5, 0.6) is 0 Å². The van der Waals surface area contributed by atoms with Crippen LogP contribution in [0.25, 0.3) is 0 Å². The summed E-state index contributed by atoms with van der Waals surface area (Å²) in [5.74, 6) is -0.410. The second-order valence-corrected chi connectivity index (χ2v) is 9.20. The Hall–Kier alpha value is -3.58. The number of halogens is 1. The maximum absolute atomic E-state index is 13.5. The number of rotatable bonds is 5. The molecule has 5 nitrogen and oxygen atoms in total. The van der Waals surface area contributed by atoms with E-state index in [2.05, 4.69) is 5.32 Å². The van der Waals surface area contributed by atoms with Crippen molar-refractivity contribution in [3.63, 3.8) is 0 Å². The molecule has 0 spiro atoms. The van der Waals surface area contributed by atoms with Gasteiger partial charge in [-0.1, -0.05) is 24.3 Å². The third-order valence-corrected chi connectivity index (χ3v) is 6.49. The number of anilines is 1. The lowest BCUT2D eigenvalue weighted by Gasteiger charge is -2.09. The number of carbonyl (C=O) groups is 2. The number of hydrogen-bond donors (Lipinski definition) is 1. The summed E-state index contributed by atoms with van der Waals surface area (Å²) in [6.07, 6.45) is 0.427. The second kappa shape index (κ2) is 10.1. The van der Waals surface area contributed by atoms with E-state index in [-0.39, 0.29) is 23.3 Å². The molecule has 0 unspecified atom stereocenters. The number of benzene rings is 3. The van der Waals surface area contributed by atoms with Gasteiger partial charge in [-0.3, -0.25) is 14.6 Å². The maximum atomic E-state index is 13.5. The van der Waals surface area contributed by atoms with E-state index in [1.54, 1.807) is 36.4 Å². The second-order valence-electron chi connectivity index (χ2n) is 8.15. The Morgan fingerprint density at radius 3 is 2.32 bits per heavy atom. The zero-order chi connectivity index (χ0) is 24.2. The van der Waals surface area contributed by atoms with E-state index in [4.69, 9.17) is 9.98 Å². The van der Waals surface area contributed by atoms with Gasteiger partial charge in [-0.15, -0.1) is 11.8 Å². The van der Waals surface area contributed by atoms with Crippen molar-refractivity contribution in [2.45, 2.75) is 27.2 Å². The predicted molar refractivity (Wildman–Crippen MR) is 138 cm³/mol. The van der Waals surface area contributed by atoms with Crippen LogP contribution < -0.4 is 5.32 Å². The summed E-state index contributed by atoms with van der Waals surface area (Å²) in [6, 6.07) is 17.1. The highest BCUT2D eigenvalue weighted by atomic mass is 32.2. The number of Topliss-reactive ketones (excluding diaryl/α,β-unsaturated/α-hetero) is 1. The molecule has 1 aliphatic heterocycles. The lowest BCUT2D eigenvalue weighted by atomic mass is 10.1. The van der Waals surface area contributed by atoms with E-state index in [9.17, 15) is 14.0 Å². The highest BCUT2D eigenvalue weighted by Gasteiger charge is 2.18. The van der Waals surface area contributed by atoms with Crippen LogP contribution in [-0.2, 0) is 4.79 Å². The van der Waals surface area contributed by atoms with Gasteiger partial charge in [0.25, 0.3) is 0 Å². The summed E-state index contributed by atoms with van der Waals surface area (Å²) in [6.45, 7) is 5.54. The number of aryl methyl sites for hydroxylation is 2. The smallest absolute Gasteiger partial charge is 0.234 e. The molecular formula is C27H24FN3O2S. The van der Waals surface area contributed by atoms with Gasteiger partial charge in [-0.25, -0.2) is 9.38 Å². The topological polar surface area (TPSA) is 70.9 Å². The first-order chi connectivity index (χ1) is 16.3. The van der Waals surface area contributed by atoms with Crippen molar-refractivity contribution in [1.29, 1.82) is 0 Å².